The number of benzene rings is 2. The Labute approximate surface area is 150 Å². The van der Waals surface area contributed by atoms with Crippen molar-refractivity contribution in [2.75, 3.05) is 11.9 Å². The van der Waals surface area contributed by atoms with Gasteiger partial charge in [-0.05, 0) is 40.1 Å². The molecule has 3 aromatic rings. The lowest BCUT2D eigenvalue weighted by Gasteiger charge is -2.29. The molecule has 1 aliphatic heterocycles. The molecule has 0 radical (unpaired) electrons. The molecular formula is C19H19N5O2. The van der Waals surface area contributed by atoms with E-state index in [1.165, 1.54) is 0 Å². The number of hydrogen-bond acceptors (Lipinski definition) is 6. The van der Waals surface area contributed by atoms with Gasteiger partial charge in [-0.3, -0.25) is 0 Å². The number of rotatable bonds is 4. The van der Waals surface area contributed by atoms with Crippen LogP contribution in [-0.2, 0) is 9.53 Å². The zero-order valence-corrected chi connectivity index (χ0v) is 14.6. The Morgan fingerprint density at radius 3 is 2.81 bits per heavy atom. The lowest BCUT2D eigenvalue weighted by molar-refractivity contribution is -0.139. The van der Waals surface area contributed by atoms with E-state index in [4.69, 9.17) is 4.74 Å². The summed E-state index contributed by atoms with van der Waals surface area (Å²) in [5.41, 5.74) is 2.29. The highest BCUT2D eigenvalue weighted by molar-refractivity contribution is 5.95. The maximum Gasteiger partial charge on any atom is 0.338 e. The molecule has 0 saturated carbocycles. The Morgan fingerprint density at radius 1 is 1.19 bits per heavy atom. The Kier molecular flexibility index (Phi) is 4.12. The average molecular weight is 349 g/mol. The van der Waals surface area contributed by atoms with E-state index in [9.17, 15) is 4.79 Å². The molecule has 7 heteroatoms. The lowest BCUT2D eigenvalue weighted by atomic mass is 9.91. The number of ether oxygens (including phenoxy) is 1. The van der Waals surface area contributed by atoms with Crippen molar-refractivity contribution in [1.82, 2.24) is 20.2 Å². The summed E-state index contributed by atoms with van der Waals surface area (Å²) in [5.74, 6) is 0.170. The van der Waals surface area contributed by atoms with Crippen LogP contribution in [0.1, 0.15) is 31.9 Å². The van der Waals surface area contributed by atoms with Gasteiger partial charge in [0.2, 0.25) is 5.95 Å². The van der Waals surface area contributed by atoms with Crippen LogP contribution < -0.4 is 5.32 Å². The summed E-state index contributed by atoms with van der Waals surface area (Å²) in [6, 6.07) is 13.7. The van der Waals surface area contributed by atoms with Gasteiger partial charge in [0.15, 0.2) is 0 Å². The van der Waals surface area contributed by atoms with Crippen LogP contribution in [0.3, 0.4) is 0 Å². The van der Waals surface area contributed by atoms with Gasteiger partial charge >= 0.3 is 5.97 Å². The summed E-state index contributed by atoms with van der Waals surface area (Å²) in [6.07, 6.45) is 0.641. The molecule has 0 amide bonds. The molecule has 26 heavy (non-hydrogen) atoms. The molecule has 1 aromatic heterocycles. The molecule has 1 N–H and O–H groups in total. The van der Waals surface area contributed by atoms with Crippen molar-refractivity contribution in [2.45, 2.75) is 26.3 Å². The van der Waals surface area contributed by atoms with E-state index in [1.807, 2.05) is 37.3 Å². The average Bonchev–Trinajstić information content (AvgIpc) is 3.14. The molecule has 2 heterocycles. The molecule has 4 rings (SSSR count). The molecule has 7 nitrogen and oxygen atoms in total. The molecule has 1 aliphatic rings. The summed E-state index contributed by atoms with van der Waals surface area (Å²) in [6.45, 7) is 4.10. The van der Waals surface area contributed by atoms with Crippen molar-refractivity contribution in [1.29, 1.82) is 0 Å². The lowest BCUT2D eigenvalue weighted by Crippen LogP contribution is -2.30. The van der Waals surface area contributed by atoms with Crippen LogP contribution in [0.25, 0.3) is 10.8 Å². The van der Waals surface area contributed by atoms with Gasteiger partial charge in [-0.15, -0.1) is 0 Å². The highest BCUT2D eigenvalue weighted by atomic mass is 16.5. The molecule has 1 unspecified atom stereocenters. The Balaban J connectivity index is 1.99. The van der Waals surface area contributed by atoms with Gasteiger partial charge in [-0.25, -0.2) is 4.79 Å². The summed E-state index contributed by atoms with van der Waals surface area (Å²) in [5, 5.41) is 17.3. The molecule has 0 aliphatic carbocycles. The van der Waals surface area contributed by atoms with E-state index in [1.54, 1.807) is 11.6 Å². The molecule has 2 aromatic carbocycles. The third-order valence-corrected chi connectivity index (χ3v) is 4.57. The van der Waals surface area contributed by atoms with Crippen molar-refractivity contribution in [3.8, 4) is 0 Å². The molecule has 0 bridgehead atoms. The first-order valence-electron chi connectivity index (χ1n) is 8.67. The second-order valence-electron chi connectivity index (χ2n) is 6.01. The van der Waals surface area contributed by atoms with Gasteiger partial charge < -0.3 is 10.1 Å². The highest BCUT2D eigenvalue weighted by Crippen LogP contribution is 2.38. The maximum atomic E-state index is 12.8. The molecule has 0 saturated heterocycles. The van der Waals surface area contributed by atoms with Crippen LogP contribution in [0.4, 0.5) is 5.95 Å². The van der Waals surface area contributed by atoms with Gasteiger partial charge in [-0.2, -0.15) is 4.68 Å². The van der Waals surface area contributed by atoms with Gasteiger partial charge in [0.1, 0.15) is 6.04 Å². The number of tetrazole rings is 1. The van der Waals surface area contributed by atoms with Crippen molar-refractivity contribution < 1.29 is 9.53 Å². The largest absolute Gasteiger partial charge is 0.463 e. The highest BCUT2D eigenvalue weighted by Gasteiger charge is 2.36. The summed E-state index contributed by atoms with van der Waals surface area (Å²) < 4.78 is 7.00. The second-order valence-corrected chi connectivity index (χ2v) is 6.01. The first kappa shape index (κ1) is 16.3. The number of nitrogens with zero attached hydrogens (tertiary/aromatic N) is 4. The van der Waals surface area contributed by atoms with Gasteiger partial charge in [0.25, 0.3) is 0 Å². The van der Waals surface area contributed by atoms with E-state index in [-0.39, 0.29) is 5.97 Å². The predicted octanol–water partition coefficient (Wildman–Crippen LogP) is 3.07. The van der Waals surface area contributed by atoms with E-state index in [2.05, 4.69) is 33.0 Å². The van der Waals surface area contributed by atoms with Crippen molar-refractivity contribution in [2.24, 2.45) is 0 Å². The quantitative estimate of drug-likeness (QED) is 0.729. The summed E-state index contributed by atoms with van der Waals surface area (Å²) in [7, 11) is 0. The Hall–Kier alpha value is -3.22. The fourth-order valence-electron chi connectivity index (χ4n) is 3.44. The third kappa shape index (κ3) is 2.52. The molecular weight excluding hydrogens is 330 g/mol. The van der Waals surface area contributed by atoms with Crippen molar-refractivity contribution in [3.05, 3.63) is 59.3 Å². The second kappa shape index (κ2) is 6.59. The summed E-state index contributed by atoms with van der Waals surface area (Å²) >= 11 is 0. The summed E-state index contributed by atoms with van der Waals surface area (Å²) in [4.78, 5) is 12.8. The monoisotopic (exact) mass is 349 g/mol. The number of anilines is 1. The topological polar surface area (TPSA) is 81.9 Å². The zero-order valence-electron chi connectivity index (χ0n) is 14.6. The van der Waals surface area contributed by atoms with Crippen molar-refractivity contribution in [3.63, 3.8) is 0 Å². The number of carbonyl (C=O) groups excluding carboxylic acids is 1. The van der Waals surface area contributed by atoms with Crippen LogP contribution >= 0.6 is 0 Å². The fourth-order valence-corrected chi connectivity index (χ4v) is 3.44. The fraction of sp³-hybridized carbons (Fsp3) is 0.263. The number of esters is 1. The molecule has 0 spiro atoms. The van der Waals surface area contributed by atoms with Gasteiger partial charge in [-0.1, -0.05) is 54.5 Å². The van der Waals surface area contributed by atoms with E-state index < -0.39 is 6.04 Å². The maximum absolute atomic E-state index is 12.8. The minimum absolute atomic E-state index is 0.310. The van der Waals surface area contributed by atoms with Crippen LogP contribution in [0.15, 0.2) is 53.7 Å². The van der Waals surface area contributed by atoms with Crippen LogP contribution in [0.2, 0.25) is 0 Å². The zero-order chi connectivity index (χ0) is 18.1. The smallest absolute Gasteiger partial charge is 0.338 e. The first-order chi connectivity index (χ1) is 12.7. The van der Waals surface area contributed by atoms with Gasteiger partial charge in [0.05, 0.1) is 12.2 Å². The van der Waals surface area contributed by atoms with E-state index in [0.717, 1.165) is 22.0 Å². The molecule has 0 fully saturated rings. The number of allylic oxidation sites excluding steroid dienone is 1. The van der Waals surface area contributed by atoms with E-state index >= 15 is 0 Å². The predicted molar refractivity (Wildman–Crippen MR) is 97.5 cm³/mol. The van der Waals surface area contributed by atoms with Gasteiger partial charge in [0, 0.05) is 5.70 Å². The number of fused-ring (bicyclic) bond motifs is 2. The van der Waals surface area contributed by atoms with Crippen LogP contribution in [0.5, 0.6) is 0 Å². The van der Waals surface area contributed by atoms with Crippen molar-refractivity contribution >= 4 is 22.7 Å². The molecule has 1 atom stereocenters. The SMILES string of the molecule is CCOC(=O)C1=C(CC)Nc2nnnn2C1c1cccc2ccccc12. The minimum atomic E-state index is -0.443. The van der Waals surface area contributed by atoms with Crippen LogP contribution in [0, 0.1) is 0 Å². The standard InChI is InChI=1S/C19H19N5O2/c1-3-15-16(18(25)26-4-2)17(24-19(20-15)21-22-23-24)14-11-7-9-12-8-5-6-10-13(12)14/h5-11,17H,3-4H2,1-2H3,(H,20,21,23). The number of hydrogen-bond donors (Lipinski definition) is 1. The third-order valence-electron chi connectivity index (χ3n) is 4.57. The molecule has 132 valence electrons. The number of nitrogens with one attached hydrogen (secondary N) is 1. The first-order valence-corrected chi connectivity index (χ1v) is 8.67. The Bertz CT molecular complexity index is 1000. The Morgan fingerprint density at radius 2 is 2.00 bits per heavy atom. The normalized spacial score (nSPS) is 16.3. The van der Waals surface area contributed by atoms with E-state index in [0.29, 0.717) is 24.5 Å². The van der Waals surface area contributed by atoms with Crippen LogP contribution in [-0.4, -0.2) is 32.8 Å². The minimum Gasteiger partial charge on any atom is -0.463 e. The number of aromatic nitrogens is 4. The number of carbonyl (C=O) groups is 1.